The van der Waals surface area contributed by atoms with Gasteiger partial charge >= 0.3 is 12.1 Å². The fourth-order valence-corrected chi connectivity index (χ4v) is 5.13. The Bertz CT molecular complexity index is 1040. The van der Waals surface area contributed by atoms with E-state index in [1.54, 1.807) is 6.92 Å². The zero-order chi connectivity index (χ0) is 24.3. The highest BCUT2D eigenvalue weighted by Gasteiger charge is 2.43. The SMILES string of the molecule is COCC(C)(NC(=O)OCC1c2ccccc2-c2ccccc21)C(=O)N1CCC[C@H]1CC(=O)O. The molecule has 2 amide bonds. The van der Waals surface area contributed by atoms with Crippen LogP contribution in [0.2, 0.25) is 0 Å². The molecule has 0 saturated carbocycles. The Balaban J connectivity index is 1.45. The predicted octanol–water partition coefficient (Wildman–Crippen LogP) is 3.40. The number of benzene rings is 2. The lowest BCUT2D eigenvalue weighted by atomic mass is 9.98. The highest BCUT2D eigenvalue weighted by atomic mass is 16.5. The van der Waals surface area contributed by atoms with Crippen molar-refractivity contribution in [3.8, 4) is 11.1 Å². The first-order valence-corrected chi connectivity index (χ1v) is 11.5. The zero-order valence-corrected chi connectivity index (χ0v) is 19.5. The number of amides is 2. The molecule has 1 heterocycles. The van der Waals surface area contributed by atoms with Crippen molar-refractivity contribution in [2.45, 2.75) is 43.7 Å². The summed E-state index contributed by atoms with van der Waals surface area (Å²) in [5.74, 6) is -1.42. The largest absolute Gasteiger partial charge is 0.481 e. The number of likely N-dealkylation sites (tertiary alicyclic amines) is 1. The van der Waals surface area contributed by atoms with Gasteiger partial charge in [-0.1, -0.05) is 48.5 Å². The van der Waals surface area contributed by atoms with Crippen molar-refractivity contribution in [1.29, 1.82) is 0 Å². The number of carboxylic acids is 1. The van der Waals surface area contributed by atoms with Crippen LogP contribution in [0, 0.1) is 0 Å². The second-order valence-corrected chi connectivity index (χ2v) is 9.11. The van der Waals surface area contributed by atoms with Gasteiger partial charge in [0.05, 0.1) is 13.0 Å². The second kappa shape index (κ2) is 9.85. The molecule has 8 nitrogen and oxygen atoms in total. The van der Waals surface area contributed by atoms with Gasteiger partial charge < -0.3 is 24.8 Å². The molecule has 1 aliphatic carbocycles. The Morgan fingerprint density at radius 3 is 2.29 bits per heavy atom. The number of carbonyl (C=O) groups excluding carboxylic acids is 2. The van der Waals surface area contributed by atoms with Gasteiger partial charge in [0, 0.05) is 25.6 Å². The van der Waals surface area contributed by atoms with Crippen LogP contribution >= 0.6 is 0 Å². The van der Waals surface area contributed by atoms with E-state index in [1.165, 1.54) is 12.0 Å². The molecule has 1 fully saturated rings. The molecule has 0 radical (unpaired) electrons. The number of carboxylic acid groups (broad SMARTS) is 1. The minimum atomic E-state index is -1.38. The summed E-state index contributed by atoms with van der Waals surface area (Å²) in [4.78, 5) is 38.9. The van der Waals surface area contributed by atoms with E-state index < -0.39 is 23.6 Å². The standard InChI is InChI=1S/C26H30N2O6/c1-26(16-33-2,24(31)28-13-7-8-17(28)14-23(29)30)27-25(32)34-15-22-20-11-5-3-9-18(20)19-10-4-6-12-21(19)22/h3-6,9-12,17,22H,7-8,13-16H2,1-2H3,(H,27,32)(H,29,30)/t17-,26?/m0/s1. The van der Waals surface area contributed by atoms with Gasteiger partial charge in [-0.2, -0.15) is 0 Å². The maximum Gasteiger partial charge on any atom is 0.408 e. The van der Waals surface area contributed by atoms with E-state index in [0.717, 1.165) is 28.7 Å². The number of fused-ring (bicyclic) bond motifs is 3. The van der Waals surface area contributed by atoms with Crippen molar-refractivity contribution < 1.29 is 29.0 Å². The number of nitrogens with one attached hydrogen (secondary N) is 1. The number of hydrogen-bond donors (Lipinski definition) is 2. The van der Waals surface area contributed by atoms with E-state index in [-0.39, 0.29) is 31.5 Å². The molecule has 0 bridgehead atoms. The number of methoxy groups -OCH3 is 1. The van der Waals surface area contributed by atoms with E-state index in [2.05, 4.69) is 17.4 Å². The van der Waals surface area contributed by atoms with E-state index in [9.17, 15) is 19.5 Å². The first-order valence-electron chi connectivity index (χ1n) is 11.5. The topological polar surface area (TPSA) is 105 Å². The Kier molecular flexibility index (Phi) is 6.88. The Morgan fingerprint density at radius 1 is 1.09 bits per heavy atom. The minimum absolute atomic E-state index is 0.0632. The molecule has 0 spiro atoms. The van der Waals surface area contributed by atoms with E-state index in [4.69, 9.17) is 9.47 Å². The number of aliphatic carboxylic acids is 1. The Hall–Kier alpha value is -3.39. The van der Waals surface area contributed by atoms with Crippen LogP contribution in [0.3, 0.4) is 0 Å². The molecule has 1 unspecified atom stereocenters. The van der Waals surface area contributed by atoms with Crippen molar-refractivity contribution in [2.75, 3.05) is 26.9 Å². The van der Waals surface area contributed by atoms with Crippen molar-refractivity contribution in [3.63, 3.8) is 0 Å². The van der Waals surface area contributed by atoms with E-state index >= 15 is 0 Å². The molecule has 2 aliphatic rings. The fourth-order valence-electron chi connectivity index (χ4n) is 5.13. The van der Waals surface area contributed by atoms with Gasteiger partial charge in [-0.3, -0.25) is 9.59 Å². The summed E-state index contributed by atoms with van der Waals surface area (Å²) >= 11 is 0. The van der Waals surface area contributed by atoms with Crippen molar-refractivity contribution in [3.05, 3.63) is 59.7 Å². The first kappa shape index (κ1) is 23.8. The monoisotopic (exact) mass is 466 g/mol. The van der Waals surface area contributed by atoms with Crippen LogP contribution < -0.4 is 5.32 Å². The summed E-state index contributed by atoms with van der Waals surface area (Å²) in [6.45, 7) is 2.09. The Morgan fingerprint density at radius 2 is 1.71 bits per heavy atom. The Labute approximate surface area is 198 Å². The average Bonchev–Trinajstić information content (AvgIpc) is 3.39. The highest BCUT2D eigenvalue weighted by molar-refractivity contribution is 5.90. The summed E-state index contributed by atoms with van der Waals surface area (Å²) in [7, 11) is 1.45. The van der Waals surface area contributed by atoms with E-state index in [0.29, 0.717) is 13.0 Å². The van der Waals surface area contributed by atoms with Crippen LogP contribution in [0.4, 0.5) is 4.79 Å². The molecular formula is C26H30N2O6. The number of carbonyl (C=O) groups is 3. The van der Waals surface area contributed by atoms with E-state index in [1.807, 2.05) is 36.4 Å². The van der Waals surface area contributed by atoms with Gasteiger partial charge in [-0.05, 0) is 42.0 Å². The lowest BCUT2D eigenvalue weighted by molar-refractivity contribution is -0.143. The van der Waals surface area contributed by atoms with Gasteiger partial charge in [-0.25, -0.2) is 4.79 Å². The highest BCUT2D eigenvalue weighted by Crippen LogP contribution is 2.44. The number of rotatable bonds is 8. The van der Waals surface area contributed by atoms with Crippen LogP contribution in [0.5, 0.6) is 0 Å². The number of ether oxygens (including phenoxy) is 2. The van der Waals surface area contributed by atoms with Crippen molar-refractivity contribution >= 4 is 18.0 Å². The maximum absolute atomic E-state index is 13.4. The molecule has 1 saturated heterocycles. The number of hydrogen-bond acceptors (Lipinski definition) is 5. The third kappa shape index (κ3) is 4.63. The van der Waals surface area contributed by atoms with Gasteiger partial charge in [0.25, 0.3) is 5.91 Å². The molecule has 0 aromatic heterocycles. The fraction of sp³-hybridized carbons (Fsp3) is 0.423. The normalized spacial score (nSPS) is 18.6. The molecular weight excluding hydrogens is 436 g/mol. The van der Waals surface area contributed by atoms with Crippen LogP contribution in [0.25, 0.3) is 11.1 Å². The molecule has 8 heteroatoms. The zero-order valence-electron chi connectivity index (χ0n) is 19.5. The number of alkyl carbamates (subject to hydrolysis) is 1. The van der Waals surface area contributed by atoms with Crippen LogP contribution in [0.15, 0.2) is 48.5 Å². The summed E-state index contributed by atoms with van der Waals surface area (Å²) in [6.07, 6.45) is 0.493. The molecule has 2 aromatic carbocycles. The summed E-state index contributed by atoms with van der Waals surface area (Å²) in [6, 6.07) is 15.7. The lowest BCUT2D eigenvalue weighted by Crippen LogP contribution is -2.61. The van der Waals surface area contributed by atoms with Crippen molar-refractivity contribution in [1.82, 2.24) is 10.2 Å². The molecule has 2 aromatic rings. The first-order chi connectivity index (χ1) is 16.3. The molecule has 34 heavy (non-hydrogen) atoms. The quantitative estimate of drug-likeness (QED) is 0.618. The van der Waals surface area contributed by atoms with Gasteiger partial charge in [0.1, 0.15) is 12.1 Å². The van der Waals surface area contributed by atoms with Crippen LogP contribution in [0.1, 0.15) is 43.2 Å². The van der Waals surface area contributed by atoms with Crippen molar-refractivity contribution in [2.24, 2.45) is 0 Å². The third-order valence-electron chi connectivity index (χ3n) is 6.67. The number of nitrogens with zero attached hydrogens (tertiary/aromatic N) is 1. The average molecular weight is 467 g/mol. The molecule has 180 valence electrons. The minimum Gasteiger partial charge on any atom is -0.481 e. The van der Waals surface area contributed by atoms with Crippen LogP contribution in [-0.4, -0.2) is 66.4 Å². The maximum atomic E-state index is 13.4. The second-order valence-electron chi connectivity index (χ2n) is 9.11. The summed E-state index contributed by atoms with van der Waals surface area (Å²) in [5.41, 5.74) is 3.08. The lowest BCUT2D eigenvalue weighted by Gasteiger charge is -2.35. The van der Waals surface area contributed by atoms with Gasteiger partial charge in [0.2, 0.25) is 0 Å². The molecule has 1 aliphatic heterocycles. The third-order valence-corrected chi connectivity index (χ3v) is 6.67. The summed E-state index contributed by atoms with van der Waals surface area (Å²) < 4.78 is 10.9. The molecule has 4 rings (SSSR count). The molecule has 2 atom stereocenters. The predicted molar refractivity (Wildman–Crippen MR) is 125 cm³/mol. The van der Waals surface area contributed by atoms with Gasteiger partial charge in [-0.15, -0.1) is 0 Å². The van der Waals surface area contributed by atoms with Crippen LogP contribution in [-0.2, 0) is 19.1 Å². The summed E-state index contributed by atoms with van der Waals surface area (Å²) in [5, 5.41) is 11.9. The molecule has 2 N–H and O–H groups in total. The smallest absolute Gasteiger partial charge is 0.408 e. The van der Waals surface area contributed by atoms with Gasteiger partial charge in [0.15, 0.2) is 0 Å².